The first-order valence-corrected chi connectivity index (χ1v) is 9.61. The van der Waals surface area contributed by atoms with E-state index >= 15 is 0 Å². The third kappa shape index (κ3) is 3.99. The maximum atomic E-state index is 13.0. The molecule has 1 heterocycles. The Balaban J connectivity index is 1.86. The summed E-state index contributed by atoms with van der Waals surface area (Å²) >= 11 is 1.89. The van der Waals surface area contributed by atoms with Gasteiger partial charge in [-0.25, -0.2) is 0 Å². The summed E-state index contributed by atoms with van der Waals surface area (Å²) in [7, 11) is 0. The van der Waals surface area contributed by atoms with Crippen LogP contribution in [-0.2, 0) is 0 Å². The predicted octanol–water partition coefficient (Wildman–Crippen LogP) is 4.80. The Bertz CT molecular complexity index is 818. The number of hydrogen-bond donors (Lipinski definition) is 0. The van der Waals surface area contributed by atoms with Crippen molar-refractivity contribution in [2.45, 2.75) is 16.0 Å². The maximum Gasteiger partial charge on any atom is 0.288 e. The van der Waals surface area contributed by atoms with Crippen LogP contribution in [0.3, 0.4) is 0 Å². The van der Waals surface area contributed by atoms with Gasteiger partial charge in [-0.15, -0.1) is 11.8 Å². The fourth-order valence-corrected chi connectivity index (χ4v) is 4.60. The number of hydrogen-bond acceptors (Lipinski definition) is 5. The maximum absolute atomic E-state index is 13.0. The molecule has 1 aliphatic rings. The Morgan fingerprint density at radius 1 is 1.23 bits per heavy atom. The van der Waals surface area contributed by atoms with Crippen molar-refractivity contribution in [1.82, 2.24) is 4.90 Å². The van der Waals surface area contributed by atoms with E-state index in [9.17, 15) is 23.7 Å². The lowest BCUT2D eigenvalue weighted by molar-refractivity contribution is -0.384. The van der Waals surface area contributed by atoms with Crippen LogP contribution < -0.4 is 0 Å². The number of amides is 1. The van der Waals surface area contributed by atoms with Crippen LogP contribution in [0.2, 0.25) is 0 Å². The highest BCUT2D eigenvalue weighted by atomic mass is 32.2. The standard InChI is InChI=1S/C17H14F2N2O3S2/c18-17(19)26-14-4-2-1-3-13(14)15(22)20-9-10-25-16(20)11-5-7-12(8-6-11)21(23)24/h1-8,16-17H,9-10H2. The van der Waals surface area contributed by atoms with E-state index in [0.29, 0.717) is 24.1 Å². The fraction of sp³-hybridized carbons (Fsp3) is 0.235. The SMILES string of the molecule is O=C(c1ccccc1SC(F)F)N1CCSC1c1ccc([N+](=O)[O-])cc1. The van der Waals surface area contributed by atoms with Gasteiger partial charge in [-0.1, -0.05) is 23.9 Å². The Morgan fingerprint density at radius 3 is 2.58 bits per heavy atom. The quantitative estimate of drug-likeness (QED) is 0.413. The molecular formula is C17H14F2N2O3S2. The number of alkyl halides is 2. The molecule has 0 saturated carbocycles. The van der Waals surface area contributed by atoms with E-state index in [1.165, 1.54) is 18.2 Å². The van der Waals surface area contributed by atoms with Gasteiger partial charge in [-0.05, 0) is 29.8 Å². The Kier molecular flexibility index (Phi) is 5.77. The van der Waals surface area contributed by atoms with Crippen LogP contribution in [0, 0.1) is 10.1 Å². The van der Waals surface area contributed by atoms with Gasteiger partial charge in [0.05, 0.1) is 10.5 Å². The third-order valence-corrected chi connectivity index (χ3v) is 5.92. The van der Waals surface area contributed by atoms with E-state index in [1.54, 1.807) is 47.0 Å². The summed E-state index contributed by atoms with van der Waals surface area (Å²) in [5, 5.41) is 10.5. The van der Waals surface area contributed by atoms with E-state index in [4.69, 9.17) is 0 Å². The molecule has 3 rings (SSSR count). The first-order chi connectivity index (χ1) is 12.5. The van der Waals surface area contributed by atoms with Gasteiger partial charge in [0.25, 0.3) is 17.4 Å². The van der Waals surface area contributed by atoms with Crippen molar-refractivity contribution in [3.05, 3.63) is 69.8 Å². The Morgan fingerprint density at radius 2 is 1.92 bits per heavy atom. The molecule has 1 amide bonds. The average molecular weight is 396 g/mol. The molecule has 2 aromatic carbocycles. The second-order valence-electron chi connectivity index (χ2n) is 5.45. The Hall–Kier alpha value is -2.13. The van der Waals surface area contributed by atoms with Crippen LogP contribution in [0.15, 0.2) is 53.4 Å². The van der Waals surface area contributed by atoms with E-state index in [2.05, 4.69) is 0 Å². The van der Waals surface area contributed by atoms with Gasteiger partial charge in [0.2, 0.25) is 0 Å². The molecule has 0 radical (unpaired) electrons. The highest BCUT2D eigenvalue weighted by Crippen LogP contribution is 2.40. The zero-order chi connectivity index (χ0) is 18.7. The number of halogens is 2. The number of thioether (sulfide) groups is 2. The molecule has 0 spiro atoms. The Labute approximate surface area is 156 Å². The molecule has 136 valence electrons. The number of benzene rings is 2. The van der Waals surface area contributed by atoms with Crippen molar-refractivity contribution in [2.24, 2.45) is 0 Å². The molecule has 5 nitrogen and oxygen atoms in total. The van der Waals surface area contributed by atoms with Crippen molar-refractivity contribution >= 4 is 35.1 Å². The van der Waals surface area contributed by atoms with E-state index in [1.807, 2.05) is 0 Å². The van der Waals surface area contributed by atoms with Gasteiger partial charge in [0.1, 0.15) is 5.37 Å². The van der Waals surface area contributed by atoms with Gasteiger partial charge in [-0.2, -0.15) is 8.78 Å². The minimum Gasteiger partial charge on any atom is -0.322 e. The molecule has 0 aliphatic carbocycles. The molecule has 1 saturated heterocycles. The van der Waals surface area contributed by atoms with Gasteiger partial charge >= 0.3 is 0 Å². The van der Waals surface area contributed by atoms with Crippen molar-refractivity contribution in [3.8, 4) is 0 Å². The smallest absolute Gasteiger partial charge is 0.288 e. The number of carbonyl (C=O) groups excluding carboxylic acids is 1. The highest BCUT2D eigenvalue weighted by Gasteiger charge is 2.32. The topological polar surface area (TPSA) is 63.5 Å². The van der Waals surface area contributed by atoms with Crippen molar-refractivity contribution < 1.29 is 18.5 Å². The third-order valence-electron chi connectivity index (χ3n) is 3.87. The van der Waals surface area contributed by atoms with Crippen molar-refractivity contribution in [2.75, 3.05) is 12.3 Å². The molecule has 1 atom stereocenters. The van der Waals surface area contributed by atoms with Gasteiger partial charge in [0.15, 0.2) is 0 Å². The van der Waals surface area contributed by atoms with E-state index < -0.39 is 10.7 Å². The van der Waals surface area contributed by atoms with Crippen LogP contribution in [-0.4, -0.2) is 33.8 Å². The van der Waals surface area contributed by atoms with Crippen LogP contribution in [0.5, 0.6) is 0 Å². The predicted molar refractivity (Wildman–Crippen MR) is 97.6 cm³/mol. The summed E-state index contributed by atoms with van der Waals surface area (Å²) in [5.41, 5.74) is 0.992. The fourth-order valence-electron chi connectivity index (χ4n) is 2.71. The van der Waals surface area contributed by atoms with Crippen LogP contribution in [0.1, 0.15) is 21.3 Å². The first-order valence-electron chi connectivity index (χ1n) is 7.68. The molecule has 2 aromatic rings. The van der Waals surface area contributed by atoms with Crippen molar-refractivity contribution in [3.63, 3.8) is 0 Å². The number of nitro benzene ring substituents is 1. The van der Waals surface area contributed by atoms with E-state index in [0.717, 1.165) is 5.56 Å². The number of nitrogens with zero attached hydrogens (tertiary/aromatic N) is 2. The first kappa shape index (κ1) is 18.7. The summed E-state index contributed by atoms with van der Waals surface area (Å²) < 4.78 is 25.5. The summed E-state index contributed by atoms with van der Waals surface area (Å²) in [6, 6.07) is 12.4. The normalized spacial score (nSPS) is 16.9. The summed E-state index contributed by atoms with van der Waals surface area (Å²) in [5.74, 6) is -2.22. The van der Waals surface area contributed by atoms with Gasteiger partial charge in [0, 0.05) is 29.3 Å². The van der Waals surface area contributed by atoms with Gasteiger partial charge < -0.3 is 4.90 Å². The van der Waals surface area contributed by atoms with Crippen molar-refractivity contribution in [1.29, 1.82) is 0 Å². The molecule has 1 aliphatic heterocycles. The summed E-state index contributed by atoms with van der Waals surface area (Å²) in [6.07, 6.45) is 0. The largest absolute Gasteiger partial charge is 0.322 e. The molecule has 0 bridgehead atoms. The number of rotatable bonds is 5. The molecule has 26 heavy (non-hydrogen) atoms. The lowest BCUT2D eigenvalue weighted by Crippen LogP contribution is -2.30. The zero-order valence-corrected chi connectivity index (χ0v) is 15.0. The van der Waals surface area contributed by atoms with Gasteiger partial charge in [-0.3, -0.25) is 14.9 Å². The molecule has 9 heteroatoms. The number of nitro groups is 1. The minimum absolute atomic E-state index is 0.0201. The van der Waals surface area contributed by atoms with Crippen LogP contribution in [0.4, 0.5) is 14.5 Å². The average Bonchev–Trinajstić information content (AvgIpc) is 3.11. The second kappa shape index (κ2) is 8.05. The van der Waals surface area contributed by atoms with E-state index in [-0.39, 0.29) is 27.4 Å². The lowest BCUT2D eigenvalue weighted by Gasteiger charge is -2.25. The molecule has 0 N–H and O–H groups in total. The minimum atomic E-state index is -2.61. The van der Waals surface area contributed by atoms with Crippen LogP contribution >= 0.6 is 23.5 Å². The summed E-state index contributed by atoms with van der Waals surface area (Å²) in [6.45, 7) is 0.485. The molecule has 1 unspecified atom stereocenters. The highest BCUT2D eigenvalue weighted by molar-refractivity contribution is 8.00. The monoisotopic (exact) mass is 396 g/mol. The number of non-ortho nitro benzene ring substituents is 1. The number of carbonyl (C=O) groups is 1. The molecular weight excluding hydrogens is 382 g/mol. The second-order valence-corrected chi connectivity index (χ2v) is 7.66. The lowest BCUT2D eigenvalue weighted by atomic mass is 10.1. The summed E-state index contributed by atoms with van der Waals surface area (Å²) in [4.78, 5) is 25.1. The molecule has 1 fully saturated rings. The van der Waals surface area contributed by atoms with Crippen LogP contribution in [0.25, 0.3) is 0 Å². The molecule has 0 aromatic heterocycles. The zero-order valence-electron chi connectivity index (χ0n) is 13.4.